The minimum Gasteiger partial charge on any atom is -0.310 e. The van der Waals surface area contributed by atoms with Crippen LogP contribution in [0.3, 0.4) is 0 Å². The van der Waals surface area contributed by atoms with E-state index in [0.29, 0.717) is 6.04 Å². The molecule has 1 aliphatic rings. The van der Waals surface area contributed by atoms with Crippen molar-refractivity contribution >= 4 is 0 Å². The quantitative estimate of drug-likeness (QED) is 0.755. The van der Waals surface area contributed by atoms with Gasteiger partial charge in [0.25, 0.3) is 0 Å². The van der Waals surface area contributed by atoms with E-state index >= 15 is 0 Å². The van der Waals surface area contributed by atoms with Crippen molar-refractivity contribution in [3.63, 3.8) is 0 Å². The molecule has 1 nitrogen and oxygen atoms in total. The molecule has 0 spiro atoms. The fraction of sp³-hybridized carbons (Fsp3) is 0.400. The van der Waals surface area contributed by atoms with Crippen LogP contribution in [0, 0.1) is 5.82 Å². The van der Waals surface area contributed by atoms with E-state index in [1.807, 2.05) is 12.1 Å². The minimum atomic E-state index is -0.187. The third kappa shape index (κ3) is 4.17. The van der Waals surface area contributed by atoms with Crippen LogP contribution in [0.1, 0.15) is 44.1 Å². The van der Waals surface area contributed by atoms with Gasteiger partial charge in [-0.2, -0.15) is 0 Å². The topological polar surface area (TPSA) is 12.0 Å². The summed E-state index contributed by atoms with van der Waals surface area (Å²) in [5.74, 6) is -0.187. The summed E-state index contributed by atoms with van der Waals surface area (Å²) in [6.07, 6.45) is 8.14. The zero-order valence-corrected chi connectivity index (χ0v) is 13.0. The maximum Gasteiger partial charge on any atom is 0.123 e. The summed E-state index contributed by atoms with van der Waals surface area (Å²) in [5.41, 5.74) is 3.51. The predicted molar refractivity (Wildman–Crippen MR) is 90.2 cm³/mol. The van der Waals surface area contributed by atoms with Gasteiger partial charge < -0.3 is 5.32 Å². The summed E-state index contributed by atoms with van der Waals surface area (Å²) in [4.78, 5) is 0. The van der Waals surface area contributed by atoms with Crippen molar-refractivity contribution in [2.75, 3.05) is 0 Å². The van der Waals surface area contributed by atoms with Crippen molar-refractivity contribution in [1.29, 1.82) is 0 Å². The molecule has 1 fully saturated rings. The number of hydrogen-bond acceptors (Lipinski definition) is 1. The summed E-state index contributed by atoms with van der Waals surface area (Å²) >= 11 is 0. The normalized spacial score (nSPS) is 16.4. The first-order valence-corrected chi connectivity index (χ1v) is 8.39. The molecule has 0 bridgehead atoms. The first-order valence-electron chi connectivity index (χ1n) is 8.39. The largest absolute Gasteiger partial charge is 0.310 e. The van der Waals surface area contributed by atoms with Gasteiger partial charge in [-0.1, -0.05) is 62.1 Å². The van der Waals surface area contributed by atoms with Crippen LogP contribution >= 0.6 is 0 Å². The van der Waals surface area contributed by atoms with E-state index in [0.717, 1.165) is 17.7 Å². The Morgan fingerprint density at radius 2 is 1.32 bits per heavy atom. The second kappa shape index (κ2) is 7.55. The Morgan fingerprint density at radius 3 is 1.91 bits per heavy atom. The first-order chi connectivity index (χ1) is 10.8. The van der Waals surface area contributed by atoms with Gasteiger partial charge in [0.15, 0.2) is 0 Å². The Balaban J connectivity index is 1.58. The molecule has 0 unspecified atom stereocenters. The second-order valence-corrected chi connectivity index (χ2v) is 6.27. The number of rotatable bonds is 4. The van der Waals surface area contributed by atoms with Gasteiger partial charge in [-0.05, 0) is 41.7 Å². The molecular weight excluding hydrogens is 273 g/mol. The van der Waals surface area contributed by atoms with Crippen LogP contribution in [0.25, 0.3) is 11.1 Å². The lowest BCUT2D eigenvalue weighted by Gasteiger charge is -2.16. The zero-order valence-electron chi connectivity index (χ0n) is 13.0. The van der Waals surface area contributed by atoms with Gasteiger partial charge in [-0.15, -0.1) is 0 Å². The number of hydrogen-bond donors (Lipinski definition) is 1. The van der Waals surface area contributed by atoms with Crippen molar-refractivity contribution in [2.45, 2.75) is 51.1 Å². The summed E-state index contributed by atoms with van der Waals surface area (Å²) < 4.78 is 13.0. The minimum absolute atomic E-state index is 0.187. The second-order valence-electron chi connectivity index (χ2n) is 6.27. The van der Waals surface area contributed by atoms with Crippen molar-refractivity contribution in [3.05, 3.63) is 59.9 Å². The summed E-state index contributed by atoms with van der Waals surface area (Å²) in [5, 5.41) is 3.69. The SMILES string of the molecule is Fc1ccc(-c2ccc(CNC3CCCCCC3)cc2)cc1. The lowest BCUT2D eigenvalue weighted by atomic mass is 10.0. The van der Waals surface area contributed by atoms with E-state index in [2.05, 4.69) is 29.6 Å². The van der Waals surface area contributed by atoms with E-state index in [1.165, 1.54) is 56.2 Å². The van der Waals surface area contributed by atoms with Crippen molar-refractivity contribution in [3.8, 4) is 11.1 Å². The molecule has 0 amide bonds. The highest BCUT2D eigenvalue weighted by Gasteiger charge is 2.11. The van der Waals surface area contributed by atoms with Crippen LogP contribution in [-0.2, 0) is 6.54 Å². The Bertz CT molecular complexity index is 566. The molecule has 3 rings (SSSR count). The van der Waals surface area contributed by atoms with Gasteiger partial charge in [0.1, 0.15) is 5.82 Å². The van der Waals surface area contributed by atoms with E-state index in [9.17, 15) is 4.39 Å². The monoisotopic (exact) mass is 297 g/mol. The molecule has 2 aromatic rings. The molecule has 2 heteroatoms. The molecule has 0 atom stereocenters. The highest BCUT2D eigenvalue weighted by atomic mass is 19.1. The molecule has 0 aromatic heterocycles. The van der Waals surface area contributed by atoms with Crippen LogP contribution in [0.4, 0.5) is 4.39 Å². The Labute approximate surface area is 132 Å². The lowest BCUT2D eigenvalue weighted by Crippen LogP contribution is -2.27. The highest BCUT2D eigenvalue weighted by molar-refractivity contribution is 5.63. The Hall–Kier alpha value is -1.67. The van der Waals surface area contributed by atoms with E-state index < -0.39 is 0 Å². The van der Waals surface area contributed by atoms with Crippen molar-refractivity contribution in [1.82, 2.24) is 5.32 Å². The van der Waals surface area contributed by atoms with E-state index in [4.69, 9.17) is 0 Å². The van der Waals surface area contributed by atoms with E-state index in [1.54, 1.807) is 0 Å². The molecule has 1 saturated carbocycles. The van der Waals surface area contributed by atoms with Crippen molar-refractivity contribution in [2.24, 2.45) is 0 Å². The summed E-state index contributed by atoms with van der Waals surface area (Å²) in [7, 11) is 0. The van der Waals surface area contributed by atoms with Crippen LogP contribution in [0.15, 0.2) is 48.5 Å². The average Bonchev–Trinajstić information content (AvgIpc) is 2.83. The zero-order chi connectivity index (χ0) is 15.2. The number of nitrogens with one attached hydrogen (secondary N) is 1. The molecule has 1 N–H and O–H groups in total. The van der Waals surface area contributed by atoms with Gasteiger partial charge in [0.05, 0.1) is 0 Å². The maximum atomic E-state index is 13.0. The molecule has 0 radical (unpaired) electrons. The van der Waals surface area contributed by atoms with E-state index in [-0.39, 0.29) is 5.82 Å². The van der Waals surface area contributed by atoms with Crippen LogP contribution in [-0.4, -0.2) is 6.04 Å². The molecule has 0 saturated heterocycles. The molecular formula is C20H24FN. The smallest absolute Gasteiger partial charge is 0.123 e. The van der Waals surface area contributed by atoms with Gasteiger partial charge in [-0.3, -0.25) is 0 Å². The van der Waals surface area contributed by atoms with Gasteiger partial charge in [0.2, 0.25) is 0 Å². The first kappa shape index (κ1) is 15.2. The highest BCUT2D eigenvalue weighted by Crippen LogP contribution is 2.21. The standard InChI is InChI=1S/C20H24FN/c21-19-13-11-18(12-14-19)17-9-7-16(8-10-17)15-22-20-5-3-1-2-4-6-20/h7-14,20,22H,1-6,15H2. The molecule has 116 valence electrons. The Morgan fingerprint density at radius 1 is 0.773 bits per heavy atom. The molecule has 22 heavy (non-hydrogen) atoms. The third-order valence-corrected chi connectivity index (χ3v) is 4.58. The summed E-state index contributed by atoms with van der Waals surface area (Å²) in [6.45, 7) is 0.939. The Kier molecular flexibility index (Phi) is 5.23. The predicted octanol–water partition coefficient (Wildman–Crippen LogP) is 5.31. The number of benzene rings is 2. The molecule has 2 aromatic carbocycles. The van der Waals surface area contributed by atoms with Gasteiger partial charge in [0, 0.05) is 12.6 Å². The van der Waals surface area contributed by atoms with Crippen molar-refractivity contribution < 1.29 is 4.39 Å². The van der Waals surface area contributed by atoms with Crippen LogP contribution < -0.4 is 5.32 Å². The van der Waals surface area contributed by atoms with Gasteiger partial charge >= 0.3 is 0 Å². The number of halogens is 1. The van der Waals surface area contributed by atoms with Gasteiger partial charge in [-0.25, -0.2) is 4.39 Å². The molecule has 1 aliphatic carbocycles. The summed E-state index contributed by atoms with van der Waals surface area (Å²) in [6, 6.07) is 15.9. The average molecular weight is 297 g/mol. The molecule has 0 aliphatic heterocycles. The fourth-order valence-corrected chi connectivity index (χ4v) is 3.20. The molecule has 0 heterocycles. The van der Waals surface area contributed by atoms with Crippen LogP contribution in [0.5, 0.6) is 0 Å². The lowest BCUT2D eigenvalue weighted by molar-refractivity contribution is 0.459. The third-order valence-electron chi connectivity index (χ3n) is 4.58. The van der Waals surface area contributed by atoms with Crippen LogP contribution in [0.2, 0.25) is 0 Å². The maximum absolute atomic E-state index is 13.0. The fourth-order valence-electron chi connectivity index (χ4n) is 3.20.